The Morgan fingerprint density at radius 1 is 1.15 bits per heavy atom. The minimum atomic E-state index is -0.217. The molecule has 1 fully saturated rings. The van der Waals surface area contributed by atoms with Gasteiger partial charge in [0.1, 0.15) is 18.4 Å². The number of hydrogen-bond acceptors (Lipinski definition) is 5. The fourth-order valence-corrected chi connectivity index (χ4v) is 3.23. The van der Waals surface area contributed by atoms with Gasteiger partial charge >= 0.3 is 0 Å². The lowest BCUT2D eigenvalue weighted by molar-refractivity contribution is 0.0919. The first-order valence-electron chi connectivity index (χ1n) is 8.82. The molecular weight excluding hydrogens is 330 g/mol. The number of nitrogens with one attached hydrogen (secondary N) is 1. The van der Waals surface area contributed by atoms with Crippen LogP contribution >= 0.6 is 0 Å². The second kappa shape index (κ2) is 7.53. The molecule has 7 nitrogen and oxygen atoms in total. The van der Waals surface area contributed by atoms with Crippen LogP contribution in [0.25, 0.3) is 5.69 Å². The lowest BCUT2D eigenvalue weighted by atomic mass is 10.2. The number of benzene rings is 1. The van der Waals surface area contributed by atoms with Crippen molar-refractivity contribution in [3.8, 4) is 5.69 Å². The molecular formula is C19H21N5O2. The van der Waals surface area contributed by atoms with Crippen LogP contribution in [-0.4, -0.2) is 38.7 Å². The second-order valence-corrected chi connectivity index (χ2v) is 6.40. The maximum Gasteiger partial charge on any atom is 0.287 e. The van der Waals surface area contributed by atoms with Gasteiger partial charge in [0.05, 0.1) is 12.2 Å². The fraction of sp³-hybridized carbons (Fsp3) is 0.316. The molecule has 1 saturated heterocycles. The summed E-state index contributed by atoms with van der Waals surface area (Å²) in [6.45, 7) is 3.35. The van der Waals surface area contributed by atoms with Crippen LogP contribution in [0.5, 0.6) is 0 Å². The molecule has 0 bridgehead atoms. The highest BCUT2D eigenvalue weighted by molar-refractivity contribution is 5.91. The van der Waals surface area contributed by atoms with Crippen molar-refractivity contribution < 1.29 is 9.21 Å². The highest BCUT2D eigenvalue weighted by Crippen LogP contribution is 2.16. The molecule has 1 aliphatic heterocycles. The molecule has 0 unspecified atom stereocenters. The zero-order valence-electron chi connectivity index (χ0n) is 14.5. The lowest BCUT2D eigenvalue weighted by Crippen LogP contribution is -2.23. The van der Waals surface area contributed by atoms with Gasteiger partial charge in [0.2, 0.25) is 0 Å². The van der Waals surface area contributed by atoms with Crippen molar-refractivity contribution >= 4 is 5.91 Å². The summed E-state index contributed by atoms with van der Waals surface area (Å²) in [4.78, 5) is 18.7. The summed E-state index contributed by atoms with van der Waals surface area (Å²) in [5, 5.41) is 7.07. The van der Waals surface area contributed by atoms with Crippen molar-refractivity contribution in [3.05, 3.63) is 66.1 Å². The van der Waals surface area contributed by atoms with Crippen LogP contribution < -0.4 is 5.32 Å². The zero-order valence-corrected chi connectivity index (χ0v) is 14.5. The zero-order chi connectivity index (χ0) is 17.8. The van der Waals surface area contributed by atoms with Crippen LogP contribution in [-0.2, 0) is 13.1 Å². The van der Waals surface area contributed by atoms with Gasteiger partial charge < -0.3 is 9.73 Å². The van der Waals surface area contributed by atoms with Crippen LogP contribution in [0.4, 0.5) is 0 Å². The second-order valence-electron chi connectivity index (χ2n) is 6.40. The van der Waals surface area contributed by atoms with Crippen molar-refractivity contribution in [3.63, 3.8) is 0 Å². The molecule has 134 valence electrons. The number of hydrogen-bond donors (Lipinski definition) is 1. The summed E-state index contributed by atoms with van der Waals surface area (Å²) in [5.41, 5.74) is 1.84. The predicted octanol–water partition coefficient (Wildman–Crippen LogP) is 2.39. The van der Waals surface area contributed by atoms with Gasteiger partial charge in [-0.05, 0) is 49.7 Å². The van der Waals surface area contributed by atoms with Gasteiger partial charge in [-0.25, -0.2) is 9.67 Å². The lowest BCUT2D eigenvalue weighted by Gasteiger charge is -2.12. The molecule has 4 rings (SSSR count). The Hall–Kier alpha value is -2.93. The molecule has 0 atom stereocenters. The smallest absolute Gasteiger partial charge is 0.287 e. The summed E-state index contributed by atoms with van der Waals surface area (Å²) >= 11 is 0. The van der Waals surface area contributed by atoms with Crippen LogP contribution in [0.15, 0.2) is 53.5 Å². The average molecular weight is 351 g/mol. The Labute approximate surface area is 151 Å². The number of furan rings is 1. The summed E-state index contributed by atoms with van der Waals surface area (Å²) in [6.07, 6.45) is 5.59. The van der Waals surface area contributed by atoms with Gasteiger partial charge in [-0.1, -0.05) is 18.2 Å². The van der Waals surface area contributed by atoms with Crippen molar-refractivity contribution in [2.45, 2.75) is 25.9 Å². The first kappa shape index (κ1) is 16.5. The van der Waals surface area contributed by atoms with Crippen molar-refractivity contribution in [1.82, 2.24) is 25.0 Å². The largest absolute Gasteiger partial charge is 0.455 e. The molecule has 1 aliphatic rings. The Kier molecular flexibility index (Phi) is 4.79. The normalized spacial score (nSPS) is 14.6. The third-order valence-corrected chi connectivity index (χ3v) is 4.56. The molecule has 7 heteroatoms. The van der Waals surface area contributed by atoms with E-state index in [1.54, 1.807) is 17.1 Å². The summed E-state index contributed by atoms with van der Waals surface area (Å²) in [6, 6.07) is 11.4. The summed E-state index contributed by atoms with van der Waals surface area (Å²) in [5.74, 6) is 0.962. The molecule has 0 aliphatic carbocycles. The predicted molar refractivity (Wildman–Crippen MR) is 95.7 cm³/mol. The molecule has 26 heavy (non-hydrogen) atoms. The molecule has 3 heterocycles. The Morgan fingerprint density at radius 3 is 2.81 bits per heavy atom. The number of para-hydroxylation sites is 1. The van der Waals surface area contributed by atoms with E-state index in [1.807, 2.05) is 30.3 Å². The van der Waals surface area contributed by atoms with E-state index in [-0.39, 0.29) is 5.91 Å². The van der Waals surface area contributed by atoms with E-state index >= 15 is 0 Å². The van der Waals surface area contributed by atoms with Gasteiger partial charge in [-0.2, -0.15) is 5.10 Å². The highest BCUT2D eigenvalue weighted by Gasteiger charge is 2.16. The number of rotatable bonds is 6. The molecule has 2 aromatic heterocycles. The van der Waals surface area contributed by atoms with Crippen LogP contribution in [0.2, 0.25) is 0 Å². The van der Waals surface area contributed by atoms with E-state index in [2.05, 4.69) is 20.3 Å². The Morgan fingerprint density at radius 2 is 2.00 bits per heavy atom. The van der Waals surface area contributed by atoms with E-state index < -0.39 is 0 Å². The third-order valence-electron chi connectivity index (χ3n) is 4.56. The molecule has 0 spiro atoms. The maximum absolute atomic E-state index is 12.4. The van der Waals surface area contributed by atoms with Crippen LogP contribution in [0.1, 0.15) is 34.7 Å². The average Bonchev–Trinajstić information content (AvgIpc) is 3.42. The first-order valence-corrected chi connectivity index (χ1v) is 8.82. The summed E-state index contributed by atoms with van der Waals surface area (Å²) in [7, 11) is 0. The van der Waals surface area contributed by atoms with Gasteiger partial charge in [0, 0.05) is 6.54 Å². The van der Waals surface area contributed by atoms with Gasteiger partial charge in [-0.15, -0.1) is 0 Å². The molecule has 0 radical (unpaired) electrons. The Balaban J connectivity index is 1.39. The molecule has 1 amide bonds. The molecule has 1 aromatic carbocycles. The van der Waals surface area contributed by atoms with E-state index in [0.717, 1.165) is 36.6 Å². The minimum Gasteiger partial charge on any atom is -0.455 e. The Bertz CT molecular complexity index is 866. The summed E-state index contributed by atoms with van der Waals surface area (Å²) < 4.78 is 7.40. The highest BCUT2D eigenvalue weighted by atomic mass is 16.4. The first-order chi connectivity index (χ1) is 12.8. The van der Waals surface area contributed by atoms with Crippen molar-refractivity contribution in [1.29, 1.82) is 0 Å². The maximum atomic E-state index is 12.4. The fourth-order valence-electron chi connectivity index (χ4n) is 3.23. The topological polar surface area (TPSA) is 76.2 Å². The van der Waals surface area contributed by atoms with Gasteiger partial charge in [0.25, 0.3) is 5.91 Å². The number of aromatic nitrogens is 3. The van der Waals surface area contributed by atoms with E-state index in [4.69, 9.17) is 4.42 Å². The van der Waals surface area contributed by atoms with Gasteiger partial charge in [0.15, 0.2) is 5.76 Å². The van der Waals surface area contributed by atoms with Crippen molar-refractivity contribution in [2.24, 2.45) is 0 Å². The number of carbonyl (C=O) groups is 1. The number of carbonyl (C=O) groups excluding carboxylic acids is 1. The minimum absolute atomic E-state index is 0.217. The third kappa shape index (κ3) is 3.67. The van der Waals surface area contributed by atoms with E-state index in [0.29, 0.717) is 12.3 Å². The van der Waals surface area contributed by atoms with E-state index in [9.17, 15) is 4.79 Å². The van der Waals surface area contributed by atoms with Crippen LogP contribution in [0.3, 0.4) is 0 Å². The molecule has 3 aromatic rings. The number of nitrogens with zero attached hydrogens (tertiary/aromatic N) is 4. The van der Waals surface area contributed by atoms with E-state index in [1.165, 1.54) is 19.2 Å². The standard InChI is InChI=1S/C19H21N5O2/c25-19(18-8-7-16(26-18)12-23-9-3-4-10-23)21-11-15-5-1-2-6-17(15)24-14-20-13-22-24/h1-2,5-8,13-14H,3-4,9-12H2,(H,21,25). The molecule has 1 N–H and O–H groups in total. The van der Waals surface area contributed by atoms with Crippen LogP contribution in [0, 0.1) is 0 Å². The number of amides is 1. The monoisotopic (exact) mass is 351 g/mol. The quantitative estimate of drug-likeness (QED) is 0.738. The SMILES string of the molecule is O=C(NCc1ccccc1-n1cncn1)c1ccc(CN2CCCC2)o1. The molecule has 0 saturated carbocycles. The van der Waals surface area contributed by atoms with Crippen molar-refractivity contribution in [2.75, 3.05) is 13.1 Å². The number of likely N-dealkylation sites (tertiary alicyclic amines) is 1. The van der Waals surface area contributed by atoms with Gasteiger partial charge in [-0.3, -0.25) is 9.69 Å².